The maximum absolute atomic E-state index is 6.70. The van der Waals surface area contributed by atoms with Gasteiger partial charge in [0.15, 0.2) is 0 Å². The molecule has 6 heteroatoms. The summed E-state index contributed by atoms with van der Waals surface area (Å²) in [6.07, 6.45) is 19.2. The lowest BCUT2D eigenvalue weighted by Gasteiger charge is -2.56. The number of unbranched alkanes of at least 4 members (excludes halogenated alkanes) is 11. The van der Waals surface area contributed by atoms with E-state index in [0.717, 1.165) is 29.5 Å². The Bertz CT molecular complexity index is 436. The van der Waals surface area contributed by atoms with Crippen molar-refractivity contribution in [2.24, 2.45) is 5.73 Å². The van der Waals surface area contributed by atoms with Crippen molar-refractivity contribution in [2.75, 3.05) is 21.3 Å². The Hall–Kier alpha value is 0.347. The molecular formula is C26H58ClNO3Si. The lowest BCUT2D eigenvalue weighted by Crippen LogP contribution is -2.74. The van der Waals surface area contributed by atoms with E-state index in [-0.39, 0.29) is 18.5 Å². The highest BCUT2D eigenvalue weighted by molar-refractivity contribution is 6.16. The maximum Gasteiger partial charge on any atom is 0.112 e. The monoisotopic (exact) mass is 495 g/mol. The SMILES string of the molecule is CCCCCCCCCCCCCCC(OC)C([SiH3])(OC)C(CCC)(OC)C(C)(C)N.Cl. The molecule has 0 aliphatic rings. The minimum absolute atomic E-state index is 0. The molecule has 0 spiro atoms. The van der Waals surface area contributed by atoms with E-state index in [4.69, 9.17) is 19.9 Å². The lowest BCUT2D eigenvalue weighted by molar-refractivity contribution is -0.218. The summed E-state index contributed by atoms with van der Waals surface area (Å²) in [6.45, 7) is 8.59. The molecule has 3 unspecified atom stereocenters. The summed E-state index contributed by atoms with van der Waals surface area (Å²) < 4.78 is 18.4. The van der Waals surface area contributed by atoms with Crippen molar-refractivity contribution in [3.05, 3.63) is 0 Å². The van der Waals surface area contributed by atoms with E-state index in [0.29, 0.717) is 0 Å². The van der Waals surface area contributed by atoms with Gasteiger partial charge in [-0.15, -0.1) is 12.4 Å². The van der Waals surface area contributed by atoms with Crippen LogP contribution >= 0.6 is 12.4 Å². The Morgan fingerprint density at radius 1 is 0.719 bits per heavy atom. The number of hydrogen-bond donors (Lipinski definition) is 1. The average molecular weight is 496 g/mol. The van der Waals surface area contributed by atoms with Crippen LogP contribution in [0.5, 0.6) is 0 Å². The van der Waals surface area contributed by atoms with Crippen LogP contribution < -0.4 is 5.73 Å². The first-order chi connectivity index (χ1) is 14.7. The number of halogens is 1. The number of nitrogens with two attached hydrogens (primary N) is 1. The molecule has 0 saturated carbocycles. The van der Waals surface area contributed by atoms with E-state index in [1.54, 1.807) is 14.2 Å². The topological polar surface area (TPSA) is 53.7 Å². The van der Waals surface area contributed by atoms with Crippen molar-refractivity contribution in [1.29, 1.82) is 0 Å². The highest BCUT2D eigenvalue weighted by Crippen LogP contribution is 2.43. The number of rotatable bonds is 21. The quantitative estimate of drug-likeness (QED) is 0.153. The van der Waals surface area contributed by atoms with Gasteiger partial charge in [0.2, 0.25) is 0 Å². The van der Waals surface area contributed by atoms with Crippen LogP contribution in [-0.4, -0.2) is 54.0 Å². The Balaban J connectivity index is 0. The van der Waals surface area contributed by atoms with Gasteiger partial charge in [0, 0.05) is 26.9 Å². The molecule has 4 nitrogen and oxygen atoms in total. The first-order valence-electron chi connectivity index (χ1n) is 13.1. The van der Waals surface area contributed by atoms with E-state index >= 15 is 0 Å². The minimum atomic E-state index is -0.562. The third kappa shape index (κ3) is 10.3. The van der Waals surface area contributed by atoms with E-state index in [1.807, 2.05) is 7.11 Å². The van der Waals surface area contributed by atoms with Gasteiger partial charge in [-0.3, -0.25) is 0 Å². The second kappa shape index (κ2) is 18.6. The smallest absolute Gasteiger partial charge is 0.112 e. The van der Waals surface area contributed by atoms with Crippen molar-refractivity contribution in [3.8, 4) is 0 Å². The molecule has 0 aliphatic carbocycles. The maximum atomic E-state index is 6.70. The first kappa shape index (κ1) is 34.5. The molecule has 0 rings (SSSR count). The molecule has 0 aliphatic heterocycles. The van der Waals surface area contributed by atoms with Gasteiger partial charge in [-0.05, 0) is 26.7 Å². The van der Waals surface area contributed by atoms with Gasteiger partial charge in [-0.2, -0.15) is 0 Å². The summed E-state index contributed by atoms with van der Waals surface area (Å²) in [5.74, 6) is 0. The van der Waals surface area contributed by atoms with E-state index in [9.17, 15) is 0 Å². The second-order valence-corrected chi connectivity index (χ2v) is 11.7. The van der Waals surface area contributed by atoms with Crippen LogP contribution in [0.3, 0.4) is 0 Å². The van der Waals surface area contributed by atoms with Crippen LogP contribution in [0.15, 0.2) is 0 Å². The summed E-state index contributed by atoms with van der Waals surface area (Å²) in [7, 11) is 6.19. The van der Waals surface area contributed by atoms with Gasteiger partial charge < -0.3 is 19.9 Å². The molecular weight excluding hydrogens is 438 g/mol. The molecule has 0 bridgehead atoms. The lowest BCUT2D eigenvalue weighted by atomic mass is 9.72. The Labute approximate surface area is 210 Å². The number of ether oxygens (including phenoxy) is 3. The zero-order valence-corrected chi connectivity index (χ0v) is 25.7. The molecule has 0 aromatic rings. The van der Waals surface area contributed by atoms with Crippen LogP contribution in [0.2, 0.25) is 0 Å². The number of methoxy groups -OCH3 is 3. The van der Waals surface area contributed by atoms with Gasteiger partial charge in [0.25, 0.3) is 0 Å². The van der Waals surface area contributed by atoms with Crippen LogP contribution in [0, 0.1) is 0 Å². The van der Waals surface area contributed by atoms with E-state index < -0.39 is 16.4 Å². The summed E-state index contributed by atoms with van der Waals surface area (Å²) in [4.78, 5) is 0. The third-order valence-corrected chi connectivity index (χ3v) is 9.30. The van der Waals surface area contributed by atoms with Crippen molar-refractivity contribution in [1.82, 2.24) is 0 Å². The molecule has 0 saturated heterocycles. The molecule has 32 heavy (non-hydrogen) atoms. The van der Waals surface area contributed by atoms with Crippen LogP contribution in [0.25, 0.3) is 0 Å². The summed E-state index contributed by atoms with van der Waals surface area (Å²) in [5.41, 5.74) is 5.61. The molecule has 0 radical (unpaired) electrons. The molecule has 0 amide bonds. The van der Waals surface area contributed by atoms with Gasteiger partial charge in [0.05, 0.1) is 16.3 Å². The van der Waals surface area contributed by atoms with Crippen LogP contribution in [0.1, 0.15) is 124 Å². The average Bonchev–Trinajstić information content (AvgIpc) is 2.74. The molecule has 2 N–H and O–H groups in total. The third-order valence-electron chi connectivity index (χ3n) is 7.44. The Kier molecular flexibility index (Phi) is 20.1. The molecule has 0 heterocycles. The van der Waals surface area contributed by atoms with Crippen molar-refractivity contribution < 1.29 is 14.2 Å². The zero-order chi connectivity index (χ0) is 23.8. The molecule has 0 aromatic carbocycles. The van der Waals surface area contributed by atoms with Crippen molar-refractivity contribution in [3.63, 3.8) is 0 Å². The fourth-order valence-electron chi connectivity index (χ4n) is 5.48. The normalized spacial score (nSPS) is 16.9. The standard InChI is InChI=1S/C26H57NO3Si.ClH/c1-8-10-11-12-13-14-15-16-17-18-19-20-21-23(28-5)26(31,30-7)25(29-6,22-9-2)24(3,4)27;/h23H,8-22,27H2,1-7,31H3;1H. The van der Waals surface area contributed by atoms with E-state index in [1.165, 1.54) is 77.0 Å². The molecule has 0 aromatic heterocycles. The Morgan fingerprint density at radius 3 is 1.47 bits per heavy atom. The second-order valence-electron chi connectivity index (χ2n) is 10.2. The molecule has 3 atom stereocenters. The summed E-state index contributed by atoms with van der Waals surface area (Å²) >= 11 is 0. The van der Waals surface area contributed by atoms with Crippen molar-refractivity contribution >= 4 is 22.6 Å². The molecule has 0 fully saturated rings. The number of hydrogen-bond acceptors (Lipinski definition) is 4. The van der Waals surface area contributed by atoms with Gasteiger partial charge in [0.1, 0.15) is 10.8 Å². The summed E-state index contributed by atoms with van der Waals surface area (Å²) in [5, 5.41) is -0.484. The Morgan fingerprint density at radius 2 is 1.16 bits per heavy atom. The van der Waals surface area contributed by atoms with Gasteiger partial charge >= 0.3 is 0 Å². The predicted octanol–water partition coefficient (Wildman–Crippen LogP) is 6.15. The zero-order valence-electron chi connectivity index (χ0n) is 22.9. The molecule has 196 valence electrons. The van der Waals surface area contributed by atoms with Gasteiger partial charge in [-0.1, -0.05) is 97.3 Å². The van der Waals surface area contributed by atoms with Crippen LogP contribution in [-0.2, 0) is 14.2 Å². The largest absolute Gasteiger partial charge is 0.379 e. The van der Waals surface area contributed by atoms with Crippen molar-refractivity contribution in [2.45, 2.75) is 146 Å². The fourth-order valence-corrected chi connectivity index (χ4v) is 7.10. The first-order valence-corrected chi connectivity index (χ1v) is 14.1. The van der Waals surface area contributed by atoms with E-state index in [2.05, 4.69) is 27.7 Å². The van der Waals surface area contributed by atoms with Gasteiger partial charge in [-0.25, -0.2) is 0 Å². The fraction of sp³-hybridized carbons (Fsp3) is 1.00. The highest BCUT2D eigenvalue weighted by Gasteiger charge is 2.59. The summed E-state index contributed by atoms with van der Waals surface area (Å²) in [6, 6.07) is 0. The highest BCUT2D eigenvalue weighted by atomic mass is 35.5. The predicted molar refractivity (Wildman–Crippen MR) is 146 cm³/mol. The van der Waals surface area contributed by atoms with Crippen LogP contribution in [0.4, 0.5) is 0 Å². The minimum Gasteiger partial charge on any atom is -0.379 e.